The Morgan fingerprint density at radius 2 is 2.00 bits per heavy atom. The molecule has 0 spiro atoms. The smallest absolute Gasteiger partial charge is 0.311 e. The lowest BCUT2D eigenvalue weighted by molar-refractivity contribution is -0.146. The Hall–Kier alpha value is -2.28. The first kappa shape index (κ1) is 16.8. The third kappa shape index (κ3) is 6.62. The van der Waals surface area contributed by atoms with Gasteiger partial charge in [-0.05, 0) is 37.5 Å². The van der Waals surface area contributed by atoms with Crippen LogP contribution in [0.1, 0.15) is 38.7 Å². The van der Waals surface area contributed by atoms with Crippen molar-refractivity contribution in [2.24, 2.45) is 0 Å². The Kier molecular flexibility index (Phi) is 7.03. The lowest BCUT2D eigenvalue weighted by atomic mass is 10.2. The molecular weight excluding hydrogens is 268 g/mol. The zero-order valence-corrected chi connectivity index (χ0v) is 12.4. The topological polar surface area (TPSA) is 52.6 Å². The van der Waals surface area contributed by atoms with Gasteiger partial charge in [0.2, 0.25) is 0 Å². The van der Waals surface area contributed by atoms with Crippen LogP contribution in [-0.2, 0) is 20.7 Å². The van der Waals surface area contributed by atoms with Crippen molar-refractivity contribution in [2.45, 2.75) is 45.6 Å². The van der Waals surface area contributed by atoms with Gasteiger partial charge in [-0.1, -0.05) is 25.0 Å². The molecule has 1 aromatic rings. The van der Waals surface area contributed by atoms with Crippen LogP contribution in [0.15, 0.2) is 24.3 Å². The fourth-order valence-corrected chi connectivity index (χ4v) is 1.68. The molecule has 0 aromatic heterocycles. The third-order valence-electron chi connectivity index (χ3n) is 2.84. The highest BCUT2D eigenvalue weighted by Gasteiger charge is 2.10. The Balaban J connectivity index is 2.31. The SMILES string of the molecule is C#CC(C)OC(=O)CCCC(=O)Oc1cccc(CC)c1. The third-order valence-corrected chi connectivity index (χ3v) is 2.84. The van der Waals surface area contributed by atoms with Gasteiger partial charge in [-0.15, -0.1) is 6.42 Å². The summed E-state index contributed by atoms with van der Waals surface area (Å²) < 4.78 is 10.1. The fraction of sp³-hybridized carbons (Fsp3) is 0.412. The van der Waals surface area contributed by atoms with E-state index in [0.717, 1.165) is 12.0 Å². The first-order valence-corrected chi connectivity index (χ1v) is 7.00. The van der Waals surface area contributed by atoms with Crippen LogP contribution in [0.2, 0.25) is 0 Å². The summed E-state index contributed by atoms with van der Waals surface area (Å²) in [6.45, 7) is 3.65. The minimum Gasteiger partial charge on any atom is -0.449 e. The highest BCUT2D eigenvalue weighted by molar-refractivity contribution is 5.74. The number of ether oxygens (including phenoxy) is 2. The van der Waals surface area contributed by atoms with Crippen LogP contribution in [0, 0.1) is 12.3 Å². The van der Waals surface area contributed by atoms with Gasteiger partial charge in [0.1, 0.15) is 5.75 Å². The fourth-order valence-electron chi connectivity index (χ4n) is 1.68. The van der Waals surface area contributed by atoms with Crippen LogP contribution in [0.4, 0.5) is 0 Å². The molecule has 0 saturated heterocycles. The number of carbonyl (C=O) groups excluding carboxylic acids is 2. The zero-order chi connectivity index (χ0) is 15.7. The van der Waals surface area contributed by atoms with Gasteiger partial charge in [0.05, 0.1) is 0 Å². The molecule has 0 aliphatic heterocycles. The maximum Gasteiger partial charge on any atom is 0.311 e. The van der Waals surface area contributed by atoms with Gasteiger partial charge >= 0.3 is 11.9 Å². The summed E-state index contributed by atoms with van der Waals surface area (Å²) in [6, 6.07) is 7.39. The Morgan fingerprint density at radius 3 is 2.67 bits per heavy atom. The molecular formula is C17H20O4. The second kappa shape index (κ2) is 8.80. The van der Waals surface area contributed by atoms with Crippen molar-refractivity contribution in [2.75, 3.05) is 0 Å². The van der Waals surface area contributed by atoms with Gasteiger partial charge in [0.15, 0.2) is 6.10 Å². The highest BCUT2D eigenvalue weighted by atomic mass is 16.5. The summed E-state index contributed by atoms with van der Waals surface area (Å²) in [5.41, 5.74) is 1.10. The predicted octanol–water partition coefficient (Wildman–Crippen LogP) is 2.89. The summed E-state index contributed by atoms with van der Waals surface area (Å²) in [5, 5.41) is 0. The maximum absolute atomic E-state index is 11.7. The van der Waals surface area contributed by atoms with Crippen molar-refractivity contribution in [3.05, 3.63) is 29.8 Å². The monoisotopic (exact) mass is 288 g/mol. The summed E-state index contributed by atoms with van der Waals surface area (Å²) in [5.74, 6) is 2.07. The lowest BCUT2D eigenvalue weighted by Gasteiger charge is -2.07. The molecule has 0 heterocycles. The van der Waals surface area contributed by atoms with Crippen LogP contribution in [0.3, 0.4) is 0 Å². The number of carbonyl (C=O) groups is 2. The van der Waals surface area contributed by atoms with Gasteiger partial charge in [0.25, 0.3) is 0 Å². The lowest BCUT2D eigenvalue weighted by Crippen LogP contribution is -2.14. The number of hydrogen-bond donors (Lipinski definition) is 0. The van der Waals surface area contributed by atoms with Crippen LogP contribution >= 0.6 is 0 Å². The van der Waals surface area contributed by atoms with Gasteiger partial charge in [0, 0.05) is 12.8 Å². The van der Waals surface area contributed by atoms with Gasteiger partial charge in [-0.3, -0.25) is 9.59 Å². The average molecular weight is 288 g/mol. The maximum atomic E-state index is 11.7. The standard InChI is InChI=1S/C17H20O4/c1-4-13(3)20-16(18)10-7-11-17(19)21-15-9-6-8-14(5-2)12-15/h1,6,8-9,12-13H,5,7,10-11H2,2-3H3. The number of esters is 2. The number of aryl methyl sites for hydroxylation is 1. The summed E-state index contributed by atoms with van der Waals surface area (Å²) in [6.07, 6.45) is 6.13. The highest BCUT2D eigenvalue weighted by Crippen LogP contribution is 2.15. The van der Waals surface area contributed by atoms with E-state index in [9.17, 15) is 9.59 Å². The summed E-state index contributed by atoms with van der Waals surface area (Å²) >= 11 is 0. The molecule has 0 radical (unpaired) electrons. The molecule has 112 valence electrons. The zero-order valence-electron chi connectivity index (χ0n) is 12.4. The largest absolute Gasteiger partial charge is 0.449 e. The second-order valence-corrected chi connectivity index (χ2v) is 4.63. The number of terminal acetylenes is 1. The van der Waals surface area contributed by atoms with Crippen molar-refractivity contribution in [3.8, 4) is 18.1 Å². The summed E-state index contributed by atoms with van der Waals surface area (Å²) in [7, 11) is 0. The van der Waals surface area contributed by atoms with E-state index in [0.29, 0.717) is 12.2 Å². The molecule has 0 aliphatic carbocycles. The molecule has 0 aliphatic rings. The van der Waals surface area contributed by atoms with Crippen molar-refractivity contribution in [1.82, 2.24) is 0 Å². The Labute approximate surface area is 125 Å². The van der Waals surface area contributed by atoms with Crippen molar-refractivity contribution in [3.63, 3.8) is 0 Å². The van der Waals surface area contributed by atoms with Crippen LogP contribution in [0.25, 0.3) is 0 Å². The average Bonchev–Trinajstić information content (AvgIpc) is 2.47. The van der Waals surface area contributed by atoms with E-state index in [1.807, 2.05) is 25.1 Å². The quantitative estimate of drug-likeness (QED) is 0.440. The molecule has 1 aromatic carbocycles. The van der Waals surface area contributed by atoms with E-state index in [2.05, 4.69) is 5.92 Å². The summed E-state index contributed by atoms with van der Waals surface area (Å²) in [4.78, 5) is 23.0. The van der Waals surface area contributed by atoms with E-state index in [-0.39, 0.29) is 18.8 Å². The molecule has 0 amide bonds. The Bertz CT molecular complexity index is 528. The molecule has 1 unspecified atom stereocenters. The minimum absolute atomic E-state index is 0.149. The van der Waals surface area contributed by atoms with Crippen LogP contribution in [-0.4, -0.2) is 18.0 Å². The molecule has 21 heavy (non-hydrogen) atoms. The van der Waals surface area contributed by atoms with E-state index in [1.54, 1.807) is 13.0 Å². The number of rotatable bonds is 7. The molecule has 1 rings (SSSR count). The Morgan fingerprint density at radius 1 is 1.29 bits per heavy atom. The van der Waals surface area contributed by atoms with Crippen molar-refractivity contribution >= 4 is 11.9 Å². The molecule has 1 atom stereocenters. The number of hydrogen-bond acceptors (Lipinski definition) is 4. The van der Waals surface area contributed by atoms with Crippen LogP contribution in [0.5, 0.6) is 5.75 Å². The first-order chi connectivity index (χ1) is 10.0. The van der Waals surface area contributed by atoms with E-state index in [1.165, 1.54) is 0 Å². The van der Waals surface area contributed by atoms with E-state index < -0.39 is 12.1 Å². The molecule has 0 bridgehead atoms. The van der Waals surface area contributed by atoms with E-state index in [4.69, 9.17) is 15.9 Å². The predicted molar refractivity (Wildman–Crippen MR) is 79.7 cm³/mol. The van der Waals surface area contributed by atoms with Crippen molar-refractivity contribution < 1.29 is 19.1 Å². The first-order valence-electron chi connectivity index (χ1n) is 7.00. The van der Waals surface area contributed by atoms with Gasteiger partial charge in [-0.2, -0.15) is 0 Å². The van der Waals surface area contributed by atoms with E-state index >= 15 is 0 Å². The normalized spacial score (nSPS) is 11.3. The van der Waals surface area contributed by atoms with Crippen molar-refractivity contribution in [1.29, 1.82) is 0 Å². The van der Waals surface area contributed by atoms with Gasteiger partial charge in [-0.25, -0.2) is 0 Å². The molecule has 0 N–H and O–H groups in total. The molecule has 0 saturated carbocycles. The second-order valence-electron chi connectivity index (χ2n) is 4.63. The minimum atomic E-state index is -0.541. The number of benzene rings is 1. The molecule has 0 fully saturated rings. The van der Waals surface area contributed by atoms with Crippen LogP contribution < -0.4 is 4.74 Å². The van der Waals surface area contributed by atoms with Gasteiger partial charge < -0.3 is 9.47 Å². The molecule has 4 heteroatoms. The molecule has 4 nitrogen and oxygen atoms in total.